The van der Waals surface area contributed by atoms with Crippen LogP contribution in [-0.4, -0.2) is 20.3 Å². The molecule has 1 rings (SSSR count). The van der Waals surface area contributed by atoms with E-state index in [2.05, 4.69) is 36.7 Å². The Balaban J connectivity index is 2.51. The van der Waals surface area contributed by atoms with E-state index in [4.69, 9.17) is 4.89 Å². The molecule has 4 heteroatoms. The summed E-state index contributed by atoms with van der Waals surface area (Å²) in [7, 11) is -1.71. The molecule has 0 saturated heterocycles. The first kappa shape index (κ1) is 13.7. The van der Waals surface area contributed by atoms with Crippen LogP contribution in [0, 0.1) is 0 Å². The number of hydrogen-bond donors (Lipinski definition) is 0. The Kier molecular flexibility index (Phi) is 4.66. The lowest BCUT2D eigenvalue weighted by molar-refractivity contribution is -0.258. The zero-order chi connectivity index (χ0) is 12.9. The zero-order valence-electron chi connectivity index (χ0n) is 10.5. The van der Waals surface area contributed by atoms with Crippen LogP contribution >= 0.6 is 0 Å². The molecule has 0 heterocycles. The van der Waals surface area contributed by atoms with Crippen LogP contribution in [0.25, 0.3) is 0 Å². The molecule has 0 aliphatic heterocycles. The molecule has 3 nitrogen and oxygen atoms in total. The van der Waals surface area contributed by atoms with Crippen molar-refractivity contribution in [3.05, 3.63) is 42.5 Å². The van der Waals surface area contributed by atoms with E-state index >= 15 is 0 Å². The predicted molar refractivity (Wildman–Crippen MR) is 70.4 cm³/mol. The van der Waals surface area contributed by atoms with Gasteiger partial charge < -0.3 is 0 Å². The minimum Gasteiger partial charge on any atom is -0.294 e. The Bertz CT molecular complexity index is 398. The summed E-state index contributed by atoms with van der Waals surface area (Å²) in [4.78, 5) is 20.8. The Morgan fingerprint density at radius 2 is 1.88 bits per heavy atom. The predicted octanol–water partition coefficient (Wildman–Crippen LogP) is 2.19. The van der Waals surface area contributed by atoms with Crippen molar-refractivity contribution in [3.8, 4) is 0 Å². The van der Waals surface area contributed by atoms with E-state index < -0.39 is 14.0 Å². The highest BCUT2D eigenvalue weighted by Crippen LogP contribution is 2.05. The number of benzene rings is 1. The molecule has 1 aromatic carbocycles. The van der Waals surface area contributed by atoms with Gasteiger partial charge in [0.05, 0.1) is 6.23 Å². The Morgan fingerprint density at radius 3 is 2.41 bits per heavy atom. The first-order valence-corrected chi connectivity index (χ1v) is 8.69. The third-order valence-corrected chi connectivity index (χ3v) is 5.19. The van der Waals surface area contributed by atoms with E-state index in [0.717, 1.165) is 0 Å². The summed E-state index contributed by atoms with van der Waals surface area (Å²) in [6.07, 6.45) is 0.441. The van der Waals surface area contributed by atoms with Crippen LogP contribution in [0.3, 0.4) is 0 Å². The quantitative estimate of drug-likeness (QED) is 0.348. The van der Waals surface area contributed by atoms with Crippen molar-refractivity contribution >= 4 is 19.2 Å². The third-order valence-electron chi connectivity index (χ3n) is 2.46. The van der Waals surface area contributed by atoms with Gasteiger partial charge in [0, 0.05) is 5.57 Å². The molecule has 17 heavy (non-hydrogen) atoms. The summed E-state index contributed by atoms with van der Waals surface area (Å²) in [5.41, 5.74) is 0.337. The first-order valence-electron chi connectivity index (χ1n) is 5.48. The van der Waals surface area contributed by atoms with Crippen molar-refractivity contribution in [2.75, 3.05) is 6.23 Å². The number of hydrogen-bond acceptors (Lipinski definition) is 3. The lowest BCUT2D eigenvalue weighted by atomic mass is 10.4. The van der Waals surface area contributed by atoms with Gasteiger partial charge in [0.1, 0.15) is 8.07 Å². The second kappa shape index (κ2) is 5.79. The number of rotatable bonds is 5. The Labute approximate surface area is 103 Å². The standard InChI is InChI=1S/C13H18O3Si/c1-11(2)13(14)16-15-10-17(3,4)12-8-6-5-7-9-12/h5-9H,1,10H2,2-4H3. The second-order valence-corrected chi connectivity index (χ2v) is 9.30. The maximum Gasteiger partial charge on any atom is 0.368 e. The van der Waals surface area contributed by atoms with Crippen molar-refractivity contribution in [2.24, 2.45) is 0 Å². The summed E-state index contributed by atoms with van der Waals surface area (Å²) in [6.45, 7) is 9.40. The van der Waals surface area contributed by atoms with Crippen LogP contribution in [0.5, 0.6) is 0 Å². The Hall–Kier alpha value is -1.39. The van der Waals surface area contributed by atoms with Gasteiger partial charge in [-0.05, 0) is 6.92 Å². The van der Waals surface area contributed by atoms with E-state index in [0.29, 0.717) is 11.8 Å². The molecule has 0 bridgehead atoms. The van der Waals surface area contributed by atoms with Crippen molar-refractivity contribution in [1.29, 1.82) is 0 Å². The van der Waals surface area contributed by atoms with Gasteiger partial charge in [0.15, 0.2) is 0 Å². The third kappa shape index (κ3) is 4.17. The first-order chi connectivity index (χ1) is 7.93. The summed E-state index contributed by atoms with van der Waals surface area (Å²) in [6, 6.07) is 10.1. The van der Waals surface area contributed by atoms with Gasteiger partial charge in [-0.3, -0.25) is 4.89 Å². The van der Waals surface area contributed by atoms with Crippen molar-refractivity contribution in [2.45, 2.75) is 20.0 Å². The summed E-state index contributed by atoms with van der Waals surface area (Å²) in [5, 5.41) is 1.27. The van der Waals surface area contributed by atoms with Crippen molar-refractivity contribution in [1.82, 2.24) is 0 Å². The minimum absolute atomic E-state index is 0.337. The molecule has 0 aromatic heterocycles. The molecule has 0 N–H and O–H groups in total. The molecular formula is C13H18O3Si. The average Bonchev–Trinajstić information content (AvgIpc) is 2.29. The molecule has 0 atom stereocenters. The van der Waals surface area contributed by atoms with Gasteiger partial charge in [0.2, 0.25) is 0 Å². The lowest BCUT2D eigenvalue weighted by Crippen LogP contribution is -2.46. The maximum absolute atomic E-state index is 11.1. The van der Waals surface area contributed by atoms with Gasteiger partial charge in [-0.1, -0.05) is 55.2 Å². The highest BCUT2D eigenvalue weighted by Gasteiger charge is 2.25. The molecule has 0 spiro atoms. The van der Waals surface area contributed by atoms with Gasteiger partial charge >= 0.3 is 5.97 Å². The molecular weight excluding hydrogens is 232 g/mol. The smallest absolute Gasteiger partial charge is 0.294 e. The second-order valence-electron chi connectivity index (χ2n) is 4.66. The molecule has 0 aliphatic rings. The molecule has 0 amide bonds. The van der Waals surface area contributed by atoms with E-state index in [1.165, 1.54) is 5.19 Å². The molecule has 0 aliphatic carbocycles. The highest BCUT2D eigenvalue weighted by atomic mass is 28.3. The van der Waals surface area contributed by atoms with Gasteiger partial charge in [-0.25, -0.2) is 4.79 Å². The van der Waals surface area contributed by atoms with E-state index in [9.17, 15) is 4.79 Å². The van der Waals surface area contributed by atoms with Gasteiger partial charge in [-0.15, -0.1) is 0 Å². The number of carbonyl (C=O) groups excluding carboxylic acids is 1. The zero-order valence-corrected chi connectivity index (χ0v) is 11.5. The summed E-state index contributed by atoms with van der Waals surface area (Å²) in [5.74, 6) is -0.511. The van der Waals surface area contributed by atoms with Crippen molar-refractivity contribution in [3.63, 3.8) is 0 Å². The van der Waals surface area contributed by atoms with Crippen LogP contribution in [0.4, 0.5) is 0 Å². The molecule has 0 radical (unpaired) electrons. The van der Waals surface area contributed by atoms with E-state index in [1.807, 2.05) is 18.2 Å². The summed E-state index contributed by atoms with van der Waals surface area (Å²) >= 11 is 0. The fourth-order valence-corrected chi connectivity index (χ4v) is 2.89. The van der Waals surface area contributed by atoms with Gasteiger partial charge in [-0.2, -0.15) is 4.89 Å². The monoisotopic (exact) mass is 250 g/mol. The van der Waals surface area contributed by atoms with Crippen molar-refractivity contribution < 1.29 is 14.6 Å². The number of carbonyl (C=O) groups is 1. The molecule has 1 aromatic rings. The van der Waals surface area contributed by atoms with E-state index in [-0.39, 0.29) is 0 Å². The van der Waals surface area contributed by atoms with Gasteiger partial charge in [0.25, 0.3) is 0 Å². The molecule has 92 valence electrons. The molecule has 0 unspecified atom stereocenters. The van der Waals surface area contributed by atoms with E-state index in [1.54, 1.807) is 6.92 Å². The fourth-order valence-electron chi connectivity index (χ4n) is 1.27. The lowest BCUT2D eigenvalue weighted by Gasteiger charge is -2.21. The normalized spacial score (nSPS) is 11.0. The largest absolute Gasteiger partial charge is 0.368 e. The van der Waals surface area contributed by atoms with Crippen LogP contribution in [0.15, 0.2) is 42.5 Å². The van der Waals surface area contributed by atoms with Crippen LogP contribution in [0.2, 0.25) is 13.1 Å². The fraction of sp³-hybridized carbons (Fsp3) is 0.308. The highest BCUT2D eigenvalue weighted by molar-refractivity contribution is 6.89. The SMILES string of the molecule is C=C(C)C(=O)OOC[Si](C)(C)c1ccccc1. The van der Waals surface area contributed by atoms with Crippen LogP contribution < -0.4 is 5.19 Å². The molecule has 0 saturated carbocycles. The van der Waals surface area contributed by atoms with Crippen LogP contribution in [0.1, 0.15) is 6.92 Å². The maximum atomic E-state index is 11.1. The topological polar surface area (TPSA) is 35.5 Å². The minimum atomic E-state index is -1.71. The Morgan fingerprint density at radius 1 is 1.29 bits per heavy atom. The average molecular weight is 250 g/mol. The summed E-state index contributed by atoms with van der Waals surface area (Å²) < 4.78 is 0. The molecule has 0 fully saturated rings. The van der Waals surface area contributed by atoms with Crippen LogP contribution in [-0.2, 0) is 14.6 Å².